The third kappa shape index (κ3) is 7.98. The van der Waals surface area contributed by atoms with Gasteiger partial charge in [-0.25, -0.2) is 0 Å². The molecule has 0 spiro atoms. The highest BCUT2D eigenvalue weighted by molar-refractivity contribution is 9.10. The van der Waals surface area contributed by atoms with Gasteiger partial charge in [-0.05, 0) is 52.4 Å². The van der Waals surface area contributed by atoms with Crippen molar-refractivity contribution >= 4 is 69.0 Å². The fraction of sp³-hybridized carbons (Fsp3) is 0.167. The molecule has 9 heteroatoms. The lowest BCUT2D eigenvalue weighted by atomic mass is 10.2. The van der Waals surface area contributed by atoms with E-state index >= 15 is 0 Å². The summed E-state index contributed by atoms with van der Waals surface area (Å²) in [6.07, 6.45) is -0.150. The Labute approximate surface area is 177 Å². The van der Waals surface area contributed by atoms with Crippen molar-refractivity contribution in [3.63, 3.8) is 0 Å². The van der Waals surface area contributed by atoms with Crippen LogP contribution in [0.4, 0.5) is 11.4 Å². The molecule has 0 heterocycles. The first-order chi connectivity index (χ1) is 12.9. The molecule has 0 bridgehead atoms. The number of ketones is 1. The Morgan fingerprint density at radius 1 is 1.04 bits per heavy atom. The molecular formula is C18H19BrN4O2S2. The standard InChI is InChI=1S/C18H19BrN4O2S2/c19-14-8-4-5-9-15(14)21-18(27)23-22-16(25)10-13(24)11-17(26)20-12-6-2-1-3-7-12/h1-9,17,20,26H,10-11H2,(H,22,25)(H2,21,23,27). The largest absolute Gasteiger partial charge is 0.373 e. The van der Waals surface area contributed by atoms with E-state index in [4.69, 9.17) is 12.2 Å². The number of carbonyl (C=O) groups excluding carboxylic acids is 2. The second-order valence-corrected chi connectivity index (χ2v) is 7.44. The van der Waals surface area contributed by atoms with E-state index in [2.05, 4.69) is 50.0 Å². The number of rotatable bonds is 7. The topological polar surface area (TPSA) is 82.3 Å². The molecular weight excluding hydrogens is 448 g/mol. The minimum absolute atomic E-state index is 0.116. The number of hydrogen-bond donors (Lipinski definition) is 5. The van der Waals surface area contributed by atoms with E-state index in [1.165, 1.54) is 0 Å². The van der Waals surface area contributed by atoms with E-state index in [-0.39, 0.29) is 29.1 Å². The molecule has 2 aromatic carbocycles. The fourth-order valence-corrected chi connectivity index (χ4v) is 3.03. The van der Waals surface area contributed by atoms with Crippen LogP contribution in [0.15, 0.2) is 59.1 Å². The number of halogens is 1. The Kier molecular flexibility index (Phi) is 8.56. The quantitative estimate of drug-likeness (QED) is 0.141. The van der Waals surface area contributed by atoms with Crippen LogP contribution in [0.25, 0.3) is 0 Å². The zero-order valence-electron chi connectivity index (χ0n) is 14.2. The molecule has 0 radical (unpaired) electrons. The first kappa shape index (κ1) is 21.2. The van der Waals surface area contributed by atoms with E-state index in [0.717, 1.165) is 15.8 Å². The van der Waals surface area contributed by atoms with Crippen molar-refractivity contribution in [2.75, 3.05) is 10.6 Å². The van der Waals surface area contributed by atoms with Gasteiger partial charge in [0.05, 0.1) is 17.5 Å². The Morgan fingerprint density at radius 2 is 1.70 bits per heavy atom. The fourth-order valence-electron chi connectivity index (χ4n) is 2.13. The van der Waals surface area contributed by atoms with Gasteiger partial charge in [0.25, 0.3) is 0 Å². The van der Waals surface area contributed by atoms with Gasteiger partial charge >= 0.3 is 0 Å². The third-order valence-electron chi connectivity index (χ3n) is 3.32. The average Bonchev–Trinajstić information content (AvgIpc) is 2.62. The Balaban J connectivity index is 1.69. The molecule has 0 aliphatic heterocycles. The number of hydrazine groups is 1. The molecule has 0 saturated carbocycles. The molecule has 0 aromatic heterocycles. The number of nitrogens with one attached hydrogen (secondary N) is 4. The second-order valence-electron chi connectivity index (χ2n) is 5.55. The minimum atomic E-state index is -0.475. The number of carbonyl (C=O) groups is 2. The molecule has 0 aliphatic carbocycles. The van der Waals surface area contributed by atoms with Crippen LogP contribution in [0.1, 0.15) is 12.8 Å². The monoisotopic (exact) mass is 466 g/mol. The van der Waals surface area contributed by atoms with Gasteiger partial charge in [0.2, 0.25) is 5.91 Å². The number of anilines is 2. The number of Topliss-reactive ketones (excluding diaryl/α,β-unsaturated/α-hetero) is 1. The van der Waals surface area contributed by atoms with E-state index in [1.54, 1.807) is 0 Å². The second kappa shape index (κ2) is 10.9. The van der Waals surface area contributed by atoms with Gasteiger partial charge in [-0.15, -0.1) is 0 Å². The Morgan fingerprint density at radius 3 is 2.41 bits per heavy atom. The first-order valence-corrected chi connectivity index (χ1v) is 9.77. The molecule has 6 nitrogen and oxygen atoms in total. The van der Waals surface area contributed by atoms with Crippen molar-refractivity contribution in [3.8, 4) is 0 Å². The summed E-state index contributed by atoms with van der Waals surface area (Å²) in [6.45, 7) is 0. The van der Waals surface area contributed by atoms with Gasteiger partial charge in [-0.2, -0.15) is 12.6 Å². The summed E-state index contributed by atoms with van der Waals surface area (Å²) >= 11 is 12.8. The molecule has 2 aromatic rings. The van der Waals surface area contributed by atoms with Crippen LogP contribution in [-0.4, -0.2) is 22.2 Å². The van der Waals surface area contributed by atoms with Crippen LogP contribution in [0, 0.1) is 0 Å². The van der Waals surface area contributed by atoms with Crippen LogP contribution < -0.4 is 21.5 Å². The van der Waals surface area contributed by atoms with Crippen LogP contribution >= 0.6 is 40.8 Å². The van der Waals surface area contributed by atoms with E-state index in [1.807, 2.05) is 54.6 Å². The first-order valence-electron chi connectivity index (χ1n) is 8.06. The lowest BCUT2D eigenvalue weighted by Gasteiger charge is -2.14. The summed E-state index contributed by atoms with van der Waals surface area (Å²) in [5, 5.41) is 5.85. The van der Waals surface area contributed by atoms with E-state index < -0.39 is 5.91 Å². The molecule has 1 atom stereocenters. The predicted molar refractivity (Wildman–Crippen MR) is 119 cm³/mol. The smallest absolute Gasteiger partial charge is 0.245 e. The molecule has 2 rings (SSSR count). The Bertz CT molecular complexity index is 805. The van der Waals surface area contributed by atoms with Gasteiger partial charge in [-0.1, -0.05) is 30.3 Å². The lowest BCUT2D eigenvalue weighted by Crippen LogP contribution is -2.44. The molecule has 27 heavy (non-hydrogen) atoms. The number of amides is 1. The summed E-state index contributed by atoms with van der Waals surface area (Å²) in [4.78, 5) is 23.9. The number of benzene rings is 2. The van der Waals surface area contributed by atoms with Crippen LogP contribution in [0.5, 0.6) is 0 Å². The average molecular weight is 467 g/mol. The molecule has 0 aliphatic rings. The molecule has 142 valence electrons. The van der Waals surface area contributed by atoms with Crippen molar-refractivity contribution in [1.29, 1.82) is 0 Å². The van der Waals surface area contributed by atoms with Crippen LogP contribution in [0.3, 0.4) is 0 Å². The van der Waals surface area contributed by atoms with Crippen LogP contribution in [-0.2, 0) is 9.59 Å². The zero-order valence-corrected chi connectivity index (χ0v) is 17.5. The zero-order chi connectivity index (χ0) is 19.6. The van der Waals surface area contributed by atoms with Crippen molar-refractivity contribution in [1.82, 2.24) is 10.9 Å². The third-order valence-corrected chi connectivity index (χ3v) is 4.53. The molecule has 1 unspecified atom stereocenters. The Hall–Kier alpha value is -2.10. The van der Waals surface area contributed by atoms with Gasteiger partial charge in [0, 0.05) is 16.6 Å². The van der Waals surface area contributed by atoms with Crippen molar-refractivity contribution < 1.29 is 9.59 Å². The maximum atomic E-state index is 12.0. The highest BCUT2D eigenvalue weighted by Gasteiger charge is 2.14. The molecule has 0 saturated heterocycles. The summed E-state index contributed by atoms with van der Waals surface area (Å²) in [7, 11) is 0. The van der Waals surface area contributed by atoms with Gasteiger partial charge < -0.3 is 10.6 Å². The maximum Gasteiger partial charge on any atom is 0.245 e. The van der Waals surface area contributed by atoms with Crippen molar-refractivity contribution in [2.45, 2.75) is 18.2 Å². The van der Waals surface area contributed by atoms with E-state index in [0.29, 0.717) is 0 Å². The number of para-hydroxylation sites is 2. The SMILES string of the molecule is O=C(CC(=O)NNC(=S)Nc1ccccc1Br)CC(S)Nc1ccccc1. The predicted octanol–water partition coefficient (Wildman–Crippen LogP) is 3.48. The van der Waals surface area contributed by atoms with Crippen molar-refractivity contribution in [3.05, 3.63) is 59.1 Å². The van der Waals surface area contributed by atoms with Crippen LogP contribution in [0.2, 0.25) is 0 Å². The highest BCUT2D eigenvalue weighted by Crippen LogP contribution is 2.20. The normalized spacial score (nSPS) is 11.2. The van der Waals surface area contributed by atoms with Gasteiger partial charge in [-0.3, -0.25) is 20.4 Å². The van der Waals surface area contributed by atoms with E-state index in [9.17, 15) is 9.59 Å². The lowest BCUT2D eigenvalue weighted by molar-refractivity contribution is -0.128. The summed E-state index contributed by atoms with van der Waals surface area (Å²) in [5.41, 5.74) is 6.59. The van der Waals surface area contributed by atoms with Gasteiger partial charge in [0.15, 0.2) is 5.11 Å². The summed E-state index contributed by atoms with van der Waals surface area (Å²) in [5.74, 6) is -0.709. The maximum absolute atomic E-state index is 12.0. The molecule has 0 fully saturated rings. The number of thiol groups is 1. The molecule has 1 amide bonds. The number of thiocarbonyl (C=S) groups is 1. The van der Waals surface area contributed by atoms with Crippen molar-refractivity contribution in [2.24, 2.45) is 0 Å². The number of hydrogen-bond acceptors (Lipinski definition) is 5. The van der Waals surface area contributed by atoms with Gasteiger partial charge in [0.1, 0.15) is 5.78 Å². The minimum Gasteiger partial charge on any atom is -0.373 e. The summed E-state index contributed by atoms with van der Waals surface area (Å²) in [6, 6.07) is 16.8. The summed E-state index contributed by atoms with van der Waals surface area (Å²) < 4.78 is 0.835. The highest BCUT2D eigenvalue weighted by atomic mass is 79.9. The molecule has 4 N–H and O–H groups in total.